The number of amides is 2. The Morgan fingerprint density at radius 3 is 1.94 bits per heavy atom. The van der Waals surface area contributed by atoms with Gasteiger partial charge in [-0.1, -0.05) is 34.1 Å². The van der Waals surface area contributed by atoms with Crippen LogP contribution >= 0.6 is 0 Å². The van der Waals surface area contributed by atoms with E-state index in [9.17, 15) is 9.59 Å². The van der Waals surface area contributed by atoms with Gasteiger partial charge in [0.1, 0.15) is 0 Å². The van der Waals surface area contributed by atoms with Crippen molar-refractivity contribution in [1.29, 1.82) is 0 Å². The molecule has 0 unspecified atom stereocenters. The predicted octanol–water partition coefficient (Wildman–Crippen LogP) is 1.06. The van der Waals surface area contributed by atoms with Gasteiger partial charge in [0.15, 0.2) is 0 Å². The van der Waals surface area contributed by atoms with Gasteiger partial charge in [0.05, 0.1) is 0 Å². The summed E-state index contributed by atoms with van der Waals surface area (Å²) in [5.41, 5.74) is -0.565. The molecule has 0 aromatic heterocycles. The van der Waals surface area contributed by atoms with Gasteiger partial charge in [0, 0.05) is 32.0 Å². The van der Waals surface area contributed by atoms with Gasteiger partial charge in [-0.2, -0.15) is 0 Å². The predicted molar refractivity (Wildman–Crippen MR) is 73.1 cm³/mol. The second-order valence-corrected chi connectivity index (χ2v) is 4.80. The molecule has 5 heteroatoms. The van der Waals surface area contributed by atoms with Gasteiger partial charge >= 0.3 is 0 Å². The molecule has 0 aliphatic carbocycles. The summed E-state index contributed by atoms with van der Waals surface area (Å²) in [7, 11) is 0. The van der Waals surface area contributed by atoms with Crippen molar-refractivity contribution in [2.75, 3.05) is 19.7 Å². The van der Waals surface area contributed by atoms with Crippen LogP contribution in [0.25, 0.3) is 0 Å². The fourth-order valence-electron chi connectivity index (χ4n) is 1.05. The first-order valence-electron chi connectivity index (χ1n) is 6.45. The van der Waals surface area contributed by atoms with Crippen LogP contribution in [0.15, 0.2) is 0 Å². The van der Waals surface area contributed by atoms with Gasteiger partial charge in [-0.25, -0.2) is 0 Å². The second-order valence-electron chi connectivity index (χ2n) is 4.80. The molecule has 0 aromatic carbocycles. The molecule has 0 saturated heterocycles. The summed E-state index contributed by atoms with van der Waals surface area (Å²) < 4.78 is 0. The zero-order valence-electron chi connectivity index (χ0n) is 12.3. The number of nitrogens with one attached hydrogen (secondary N) is 2. The van der Waals surface area contributed by atoms with E-state index in [-0.39, 0.29) is 18.4 Å². The van der Waals surface area contributed by atoms with E-state index in [2.05, 4.69) is 24.5 Å². The molecule has 108 valence electrons. The minimum atomic E-state index is -0.565. The van der Waals surface area contributed by atoms with Gasteiger partial charge in [-0.15, -0.1) is 0 Å². The fourth-order valence-corrected chi connectivity index (χ4v) is 1.05. The van der Waals surface area contributed by atoms with Crippen LogP contribution in [0.1, 0.15) is 47.5 Å². The standard InChI is InChI=1S/C10H20N2O3.C3H8/c1-8(14)11-5-6-12-9(15)10(2,3)4-7-13;1-3-2/h13H,4-7H2,1-3H3,(H,11,14)(H,12,15);3H2,1-2H3. The smallest absolute Gasteiger partial charge is 0.225 e. The Balaban J connectivity index is 0. The van der Waals surface area contributed by atoms with Crippen molar-refractivity contribution in [2.45, 2.75) is 47.5 Å². The van der Waals surface area contributed by atoms with Crippen molar-refractivity contribution in [2.24, 2.45) is 5.41 Å². The number of carbonyl (C=O) groups is 2. The van der Waals surface area contributed by atoms with E-state index in [4.69, 9.17) is 5.11 Å². The zero-order chi connectivity index (χ0) is 14.6. The summed E-state index contributed by atoms with van der Waals surface area (Å²) >= 11 is 0. The molecule has 0 aromatic rings. The Kier molecular flexibility index (Phi) is 11.8. The summed E-state index contributed by atoms with van der Waals surface area (Å²) in [5.74, 6) is -0.222. The first-order valence-corrected chi connectivity index (χ1v) is 6.45. The minimum Gasteiger partial charge on any atom is -0.396 e. The molecule has 0 spiro atoms. The van der Waals surface area contributed by atoms with Crippen LogP contribution in [-0.4, -0.2) is 36.6 Å². The van der Waals surface area contributed by atoms with E-state index in [0.717, 1.165) is 0 Å². The topological polar surface area (TPSA) is 78.4 Å². The second kappa shape index (κ2) is 11.0. The SMILES string of the molecule is CC(=O)NCCNC(=O)C(C)(C)CCO.CCC. The zero-order valence-corrected chi connectivity index (χ0v) is 12.3. The maximum atomic E-state index is 11.6. The summed E-state index contributed by atoms with van der Waals surface area (Å²) in [4.78, 5) is 22.1. The van der Waals surface area contributed by atoms with Crippen LogP contribution in [0.5, 0.6) is 0 Å². The Hall–Kier alpha value is -1.10. The van der Waals surface area contributed by atoms with Crippen molar-refractivity contribution in [3.8, 4) is 0 Å². The van der Waals surface area contributed by atoms with Gasteiger partial charge in [-0.05, 0) is 6.42 Å². The lowest BCUT2D eigenvalue weighted by molar-refractivity contribution is -0.130. The van der Waals surface area contributed by atoms with Crippen LogP contribution in [0.4, 0.5) is 0 Å². The largest absolute Gasteiger partial charge is 0.396 e. The third-order valence-corrected chi connectivity index (χ3v) is 2.14. The van der Waals surface area contributed by atoms with E-state index in [1.165, 1.54) is 13.3 Å². The molecule has 3 N–H and O–H groups in total. The molecule has 0 heterocycles. The van der Waals surface area contributed by atoms with Crippen LogP contribution < -0.4 is 10.6 Å². The van der Waals surface area contributed by atoms with Crippen molar-refractivity contribution >= 4 is 11.8 Å². The van der Waals surface area contributed by atoms with Gasteiger partial charge in [0.2, 0.25) is 11.8 Å². The first-order chi connectivity index (χ1) is 8.31. The number of hydrogen-bond donors (Lipinski definition) is 3. The molecule has 0 rings (SSSR count). The normalized spacial score (nSPS) is 10.1. The Morgan fingerprint density at radius 1 is 1.11 bits per heavy atom. The molecule has 0 fully saturated rings. The first kappa shape index (κ1) is 19.2. The molecular weight excluding hydrogens is 232 g/mol. The third-order valence-electron chi connectivity index (χ3n) is 2.14. The Morgan fingerprint density at radius 2 is 1.56 bits per heavy atom. The molecule has 0 radical (unpaired) electrons. The lowest BCUT2D eigenvalue weighted by Crippen LogP contribution is -2.41. The molecule has 0 saturated carbocycles. The van der Waals surface area contributed by atoms with Crippen LogP contribution in [-0.2, 0) is 9.59 Å². The number of carbonyl (C=O) groups excluding carboxylic acids is 2. The highest BCUT2D eigenvalue weighted by molar-refractivity contribution is 5.81. The molecular formula is C13H28N2O3. The summed E-state index contributed by atoms with van der Waals surface area (Å²) in [6, 6.07) is 0. The summed E-state index contributed by atoms with van der Waals surface area (Å²) in [5, 5.41) is 14.0. The van der Waals surface area contributed by atoms with E-state index < -0.39 is 5.41 Å². The quantitative estimate of drug-likeness (QED) is 0.625. The molecule has 5 nitrogen and oxygen atoms in total. The maximum Gasteiger partial charge on any atom is 0.225 e. The molecule has 0 aliphatic heterocycles. The van der Waals surface area contributed by atoms with E-state index in [1.807, 2.05) is 0 Å². The summed E-state index contributed by atoms with van der Waals surface area (Å²) in [6.07, 6.45) is 1.68. The molecule has 0 atom stereocenters. The van der Waals surface area contributed by atoms with Crippen molar-refractivity contribution in [1.82, 2.24) is 10.6 Å². The number of hydrogen-bond acceptors (Lipinski definition) is 3. The molecule has 0 aliphatic rings. The number of aliphatic hydroxyl groups is 1. The Labute approximate surface area is 110 Å². The number of aliphatic hydroxyl groups excluding tert-OH is 1. The van der Waals surface area contributed by atoms with Crippen LogP contribution in [0.3, 0.4) is 0 Å². The highest BCUT2D eigenvalue weighted by Crippen LogP contribution is 2.19. The molecule has 18 heavy (non-hydrogen) atoms. The van der Waals surface area contributed by atoms with Gasteiger partial charge in [-0.3, -0.25) is 9.59 Å². The molecule has 2 amide bonds. The fraction of sp³-hybridized carbons (Fsp3) is 0.846. The average molecular weight is 260 g/mol. The van der Waals surface area contributed by atoms with Crippen molar-refractivity contribution in [3.05, 3.63) is 0 Å². The minimum absolute atomic E-state index is 0.00782. The summed E-state index contributed by atoms with van der Waals surface area (Å²) in [6.45, 7) is 10.1. The van der Waals surface area contributed by atoms with Crippen LogP contribution in [0, 0.1) is 5.41 Å². The van der Waals surface area contributed by atoms with E-state index >= 15 is 0 Å². The van der Waals surface area contributed by atoms with Gasteiger partial charge < -0.3 is 15.7 Å². The third kappa shape index (κ3) is 11.4. The lowest BCUT2D eigenvalue weighted by atomic mass is 9.89. The van der Waals surface area contributed by atoms with Crippen LogP contribution in [0.2, 0.25) is 0 Å². The Bertz CT molecular complexity index is 240. The maximum absolute atomic E-state index is 11.6. The monoisotopic (exact) mass is 260 g/mol. The highest BCUT2D eigenvalue weighted by Gasteiger charge is 2.26. The van der Waals surface area contributed by atoms with E-state index in [0.29, 0.717) is 19.5 Å². The number of rotatable bonds is 6. The van der Waals surface area contributed by atoms with Crippen molar-refractivity contribution < 1.29 is 14.7 Å². The van der Waals surface area contributed by atoms with Crippen molar-refractivity contribution in [3.63, 3.8) is 0 Å². The lowest BCUT2D eigenvalue weighted by Gasteiger charge is -2.22. The molecule has 0 bridgehead atoms. The van der Waals surface area contributed by atoms with E-state index in [1.54, 1.807) is 13.8 Å². The van der Waals surface area contributed by atoms with Gasteiger partial charge in [0.25, 0.3) is 0 Å². The average Bonchev–Trinajstić information content (AvgIpc) is 2.24. The highest BCUT2D eigenvalue weighted by atomic mass is 16.3.